The van der Waals surface area contributed by atoms with Crippen LogP contribution in [-0.4, -0.2) is 42.3 Å². The first-order chi connectivity index (χ1) is 9.01. The maximum Gasteiger partial charge on any atom is 0.407 e. The second-order valence-electron chi connectivity index (χ2n) is 4.67. The Morgan fingerprint density at radius 3 is 2.89 bits per heavy atom. The zero-order chi connectivity index (χ0) is 14.0. The highest BCUT2D eigenvalue weighted by Gasteiger charge is 2.26. The Labute approximate surface area is 112 Å². The number of ether oxygens (including phenoxy) is 1. The van der Waals surface area contributed by atoms with Gasteiger partial charge in [-0.2, -0.15) is 0 Å². The van der Waals surface area contributed by atoms with Crippen LogP contribution >= 0.6 is 0 Å². The van der Waals surface area contributed by atoms with E-state index in [1.807, 2.05) is 13.8 Å². The number of aromatic nitrogens is 2. The Morgan fingerprint density at radius 1 is 1.47 bits per heavy atom. The third-order valence-electron chi connectivity index (χ3n) is 3.26. The number of carbonyl (C=O) groups is 1. The lowest BCUT2D eigenvalue weighted by molar-refractivity contribution is 0.167. The molecule has 2 rings (SSSR count). The Hall–Kier alpha value is -2.05. The molecule has 2 heterocycles. The van der Waals surface area contributed by atoms with Crippen molar-refractivity contribution in [1.29, 1.82) is 0 Å². The molecular weight excluding hydrogens is 246 g/mol. The van der Waals surface area contributed by atoms with E-state index in [0.29, 0.717) is 18.2 Å². The first-order valence-electron chi connectivity index (χ1n) is 6.21. The second kappa shape index (κ2) is 5.29. The molecular formula is C12H19N5O2. The van der Waals surface area contributed by atoms with Crippen molar-refractivity contribution >= 4 is 17.7 Å². The molecule has 1 unspecified atom stereocenters. The third kappa shape index (κ3) is 2.86. The van der Waals surface area contributed by atoms with Crippen LogP contribution in [0.25, 0.3) is 0 Å². The van der Waals surface area contributed by atoms with Crippen LogP contribution in [0.5, 0.6) is 0 Å². The Kier molecular flexibility index (Phi) is 3.73. The summed E-state index contributed by atoms with van der Waals surface area (Å²) in [6.45, 7) is 5.25. The van der Waals surface area contributed by atoms with E-state index in [1.54, 1.807) is 0 Å². The average Bonchev–Trinajstić information content (AvgIpc) is 2.81. The van der Waals surface area contributed by atoms with Gasteiger partial charge in [-0.1, -0.05) is 0 Å². The monoisotopic (exact) mass is 265 g/mol. The molecule has 0 aliphatic carbocycles. The fourth-order valence-electron chi connectivity index (χ4n) is 2.24. The summed E-state index contributed by atoms with van der Waals surface area (Å²) in [7, 11) is 1.36. The number of hydrogen-bond acceptors (Lipinski definition) is 6. The van der Waals surface area contributed by atoms with Crippen LogP contribution in [0.15, 0.2) is 0 Å². The topological polar surface area (TPSA) is 93.4 Å². The number of nitrogens with two attached hydrogens (primary N) is 1. The summed E-state index contributed by atoms with van der Waals surface area (Å²) >= 11 is 0. The number of nitrogen functional groups attached to an aromatic ring is 1. The number of hydrogen-bond donors (Lipinski definition) is 2. The van der Waals surface area contributed by atoms with Crippen LogP contribution in [0.4, 0.5) is 16.4 Å². The number of rotatable bonds is 2. The molecule has 1 amide bonds. The number of methoxy groups -OCH3 is 1. The molecule has 19 heavy (non-hydrogen) atoms. The lowest BCUT2D eigenvalue weighted by Gasteiger charge is -2.20. The molecule has 104 valence electrons. The van der Waals surface area contributed by atoms with Gasteiger partial charge in [-0.25, -0.2) is 14.8 Å². The first kappa shape index (κ1) is 13.4. The summed E-state index contributed by atoms with van der Waals surface area (Å²) in [5.74, 6) is 2.01. The van der Waals surface area contributed by atoms with E-state index in [-0.39, 0.29) is 6.04 Å². The first-order valence-corrected chi connectivity index (χ1v) is 6.21. The molecule has 1 atom stereocenters. The largest absolute Gasteiger partial charge is 0.453 e. The van der Waals surface area contributed by atoms with Crippen LogP contribution in [0.2, 0.25) is 0 Å². The standard InChI is InChI=1S/C12H19N5O2/c1-7-10(13)14-8(2)15-11(7)17-5-4-9(6-17)16-12(18)19-3/h9H,4-6H2,1-3H3,(H,16,18)(H2,13,14,15). The molecule has 1 aromatic rings. The Morgan fingerprint density at radius 2 is 2.21 bits per heavy atom. The summed E-state index contributed by atoms with van der Waals surface area (Å²) in [4.78, 5) is 21.9. The minimum absolute atomic E-state index is 0.0725. The highest BCUT2D eigenvalue weighted by atomic mass is 16.5. The number of alkyl carbamates (subject to hydrolysis) is 1. The van der Waals surface area contributed by atoms with E-state index in [9.17, 15) is 4.79 Å². The van der Waals surface area contributed by atoms with Gasteiger partial charge in [0.25, 0.3) is 0 Å². The van der Waals surface area contributed by atoms with Crippen LogP contribution in [0.3, 0.4) is 0 Å². The second-order valence-corrected chi connectivity index (χ2v) is 4.67. The smallest absolute Gasteiger partial charge is 0.407 e. The van der Waals surface area contributed by atoms with E-state index >= 15 is 0 Å². The molecule has 7 nitrogen and oxygen atoms in total. The molecule has 7 heteroatoms. The number of aryl methyl sites for hydroxylation is 1. The lowest BCUT2D eigenvalue weighted by Crippen LogP contribution is -2.37. The van der Waals surface area contributed by atoms with Crippen molar-refractivity contribution in [2.24, 2.45) is 0 Å². The summed E-state index contributed by atoms with van der Waals surface area (Å²) in [5, 5.41) is 2.80. The highest BCUT2D eigenvalue weighted by Crippen LogP contribution is 2.25. The summed E-state index contributed by atoms with van der Waals surface area (Å²) < 4.78 is 4.60. The molecule has 0 saturated carbocycles. The van der Waals surface area contributed by atoms with E-state index in [1.165, 1.54) is 7.11 Å². The zero-order valence-electron chi connectivity index (χ0n) is 11.4. The van der Waals surface area contributed by atoms with Crippen LogP contribution in [-0.2, 0) is 4.74 Å². The van der Waals surface area contributed by atoms with E-state index in [4.69, 9.17) is 5.73 Å². The van der Waals surface area contributed by atoms with E-state index in [2.05, 4.69) is 24.9 Å². The van der Waals surface area contributed by atoms with Gasteiger partial charge in [0.2, 0.25) is 0 Å². The SMILES string of the molecule is COC(=O)NC1CCN(c2nc(C)nc(N)c2C)C1. The predicted molar refractivity (Wildman–Crippen MR) is 72.1 cm³/mol. The van der Waals surface area contributed by atoms with Gasteiger partial charge in [-0.05, 0) is 20.3 Å². The zero-order valence-corrected chi connectivity index (χ0v) is 11.4. The fourth-order valence-corrected chi connectivity index (χ4v) is 2.24. The summed E-state index contributed by atoms with van der Waals surface area (Å²) in [6.07, 6.45) is 0.458. The van der Waals surface area contributed by atoms with Gasteiger partial charge < -0.3 is 20.7 Å². The molecule has 1 fully saturated rings. The van der Waals surface area contributed by atoms with Gasteiger partial charge in [0.15, 0.2) is 0 Å². The molecule has 1 aliphatic rings. The molecule has 3 N–H and O–H groups in total. The van der Waals surface area contributed by atoms with Crippen molar-refractivity contribution in [1.82, 2.24) is 15.3 Å². The molecule has 1 saturated heterocycles. The van der Waals surface area contributed by atoms with Crippen LogP contribution < -0.4 is 16.0 Å². The number of anilines is 2. The van der Waals surface area contributed by atoms with Crippen molar-refractivity contribution in [2.45, 2.75) is 26.3 Å². The summed E-state index contributed by atoms with van der Waals surface area (Å²) in [5.41, 5.74) is 6.74. The van der Waals surface area contributed by atoms with Crippen molar-refractivity contribution in [3.05, 3.63) is 11.4 Å². The highest BCUT2D eigenvalue weighted by molar-refractivity contribution is 5.67. The predicted octanol–water partition coefficient (Wildman–Crippen LogP) is 0.610. The number of nitrogens with zero attached hydrogens (tertiary/aromatic N) is 3. The average molecular weight is 265 g/mol. The molecule has 0 bridgehead atoms. The van der Waals surface area contributed by atoms with Crippen molar-refractivity contribution in [3.8, 4) is 0 Å². The van der Waals surface area contributed by atoms with Gasteiger partial charge in [0, 0.05) is 18.7 Å². The van der Waals surface area contributed by atoms with Gasteiger partial charge in [-0.15, -0.1) is 0 Å². The van der Waals surface area contributed by atoms with Crippen molar-refractivity contribution < 1.29 is 9.53 Å². The minimum Gasteiger partial charge on any atom is -0.453 e. The third-order valence-corrected chi connectivity index (χ3v) is 3.26. The van der Waals surface area contributed by atoms with Crippen LogP contribution in [0.1, 0.15) is 17.8 Å². The number of nitrogens with one attached hydrogen (secondary N) is 1. The summed E-state index contributed by atoms with van der Waals surface area (Å²) in [6, 6.07) is 0.0725. The fraction of sp³-hybridized carbons (Fsp3) is 0.583. The van der Waals surface area contributed by atoms with Gasteiger partial charge >= 0.3 is 6.09 Å². The molecule has 1 aromatic heterocycles. The minimum atomic E-state index is -0.401. The number of carbonyl (C=O) groups excluding carboxylic acids is 1. The quantitative estimate of drug-likeness (QED) is 0.813. The number of amides is 1. The van der Waals surface area contributed by atoms with E-state index in [0.717, 1.165) is 24.3 Å². The van der Waals surface area contributed by atoms with Crippen molar-refractivity contribution in [3.63, 3.8) is 0 Å². The van der Waals surface area contributed by atoms with Crippen molar-refractivity contribution in [2.75, 3.05) is 30.8 Å². The van der Waals surface area contributed by atoms with Crippen LogP contribution in [0, 0.1) is 13.8 Å². The van der Waals surface area contributed by atoms with Gasteiger partial charge in [0.1, 0.15) is 17.5 Å². The Balaban J connectivity index is 2.11. The normalized spacial score (nSPS) is 18.5. The molecule has 1 aliphatic heterocycles. The molecule has 0 spiro atoms. The van der Waals surface area contributed by atoms with Gasteiger partial charge in [-0.3, -0.25) is 0 Å². The lowest BCUT2D eigenvalue weighted by atomic mass is 10.3. The van der Waals surface area contributed by atoms with E-state index < -0.39 is 6.09 Å². The molecule has 0 aromatic carbocycles. The maximum absolute atomic E-state index is 11.2. The molecule has 0 radical (unpaired) electrons. The van der Waals surface area contributed by atoms with Gasteiger partial charge in [0.05, 0.1) is 13.2 Å². The maximum atomic E-state index is 11.2. The Bertz CT molecular complexity index is 491.